The highest BCUT2D eigenvalue weighted by Crippen LogP contribution is 2.30. The zero-order valence-corrected chi connectivity index (χ0v) is 9.58. The number of amides is 2. The van der Waals surface area contributed by atoms with Gasteiger partial charge in [0.2, 0.25) is 11.8 Å². The van der Waals surface area contributed by atoms with Crippen LogP contribution in [0.15, 0.2) is 0 Å². The molecule has 0 aliphatic carbocycles. The summed E-state index contributed by atoms with van der Waals surface area (Å²) in [7, 11) is 1.64. The van der Waals surface area contributed by atoms with E-state index in [4.69, 9.17) is 4.74 Å². The van der Waals surface area contributed by atoms with E-state index in [1.54, 1.807) is 7.11 Å². The molecule has 0 aromatic heterocycles. The van der Waals surface area contributed by atoms with E-state index in [0.29, 0.717) is 13.0 Å². The Labute approximate surface area is 90.4 Å². The summed E-state index contributed by atoms with van der Waals surface area (Å²) in [4.78, 5) is 22.9. The normalized spacial score (nSPS) is 28.7. The number of hydrogen-bond donors (Lipinski definition) is 1. The average molecular weight is 213 g/mol. The van der Waals surface area contributed by atoms with E-state index >= 15 is 0 Å². The molecule has 0 saturated carbocycles. The van der Waals surface area contributed by atoms with E-state index in [0.717, 1.165) is 6.42 Å². The Hall–Kier alpha value is -0.900. The third-order valence-electron chi connectivity index (χ3n) is 3.14. The van der Waals surface area contributed by atoms with Crippen molar-refractivity contribution in [2.24, 2.45) is 17.8 Å². The van der Waals surface area contributed by atoms with Crippen molar-refractivity contribution in [3.63, 3.8) is 0 Å². The van der Waals surface area contributed by atoms with Gasteiger partial charge < -0.3 is 4.74 Å². The lowest BCUT2D eigenvalue weighted by Crippen LogP contribution is -2.47. The SMILES string of the molecule is CCC1C(=O)NC(=O)CC1C(C)COC. The minimum atomic E-state index is -0.155. The number of ether oxygens (including phenoxy) is 1. The van der Waals surface area contributed by atoms with Gasteiger partial charge in [0.25, 0.3) is 0 Å². The molecule has 4 nitrogen and oxygen atoms in total. The molecule has 1 aliphatic heterocycles. The minimum Gasteiger partial charge on any atom is -0.384 e. The van der Waals surface area contributed by atoms with Crippen LogP contribution in [0, 0.1) is 17.8 Å². The van der Waals surface area contributed by atoms with Gasteiger partial charge in [0, 0.05) is 26.1 Å². The molecule has 86 valence electrons. The fourth-order valence-electron chi connectivity index (χ4n) is 2.30. The summed E-state index contributed by atoms with van der Waals surface area (Å²) in [5.74, 6) is 0.0401. The van der Waals surface area contributed by atoms with E-state index in [-0.39, 0.29) is 29.6 Å². The number of methoxy groups -OCH3 is 1. The number of carbonyl (C=O) groups is 2. The molecule has 3 unspecified atom stereocenters. The highest BCUT2D eigenvalue weighted by molar-refractivity contribution is 5.99. The van der Waals surface area contributed by atoms with Gasteiger partial charge in [-0.05, 0) is 18.3 Å². The summed E-state index contributed by atoms with van der Waals surface area (Å²) in [6, 6.07) is 0. The summed E-state index contributed by atoms with van der Waals surface area (Å²) in [5.41, 5.74) is 0. The molecule has 0 aromatic rings. The smallest absolute Gasteiger partial charge is 0.229 e. The summed E-state index contributed by atoms with van der Waals surface area (Å²) in [6.07, 6.45) is 1.21. The van der Waals surface area contributed by atoms with Gasteiger partial charge in [-0.2, -0.15) is 0 Å². The number of nitrogens with one attached hydrogen (secondary N) is 1. The second-order valence-corrected chi connectivity index (χ2v) is 4.23. The number of carbonyl (C=O) groups excluding carboxylic acids is 2. The monoisotopic (exact) mass is 213 g/mol. The van der Waals surface area contributed by atoms with Crippen LogP contribution in [0.4, 0.5) is 0 Å². The maximum absolute atomic E-state index is 11.6. The molecule has 1 aliphatic rings. The van der Waals surface area contributed by atoms with Crippen LogP contribution in [0.5, 0.6) is 0 Å². The van der Waals surface area contributed by atoms with Crippen molar-refractivity contribution >= 4 is 11.8 Å². The lowest BCUT2D eigenvalue weighted by Gasteiger charge is -2.33. The van der Waals surface area contributed by atoms with Crippen LogP contribution in [0.25, 0.3) is 0 Å². The Balaban J connectivity index is 2.73. The van der Waals surface area contributed by atoms with E-state index in [2.05, 4.69) is 5.32 Å². The Morgan fingerprint density at radius 3 is 2.73 bits per heavy atom. The standard InChI is InChI=1S/C11H19NO3/c1-4-8-9(7(2)6-15-3)5-10(13)12-11(8)14/h7-9H,4-6H2,1-3H3,(H,12,13,14). The lowest BCUT2D eigenvalue weighted by molar-refractivity contribution is -0.140. The molecule has 0 spiro atoms. The average Bonchev–Trinajstić information content (AvgIpc) is 2.17. The van der Waals surface area contributed by atoms with Gasteiger partial charge in [0.15, 0.2) is 0 Å². The number of rotatable bonds is 4. The van der Waals surface area contributed by atoms with Crippen LogP contribution < -0.4 is 5.32 Å². The topological polar surface area (TPSA) is 55.4 Å². The van der Waals surface area contributed by atoms with Gasteiger partial charge in [-0.25, -0.2) is 0 Å². The molecule has 2 amide bonds. The maximum Gasteiger partial charge on any atom is 0.229 e. The van der Waals surface area contributed by atoms with Crippen LogP contribution in [-0.4, -0.2) is 25.5 Å². The third kappa shape index (κ3) is 2.78. The molecule has 1 heterocycles. The predicted octanol–water partition coefficient (Wildman–Crippen LogP) is 0.958. The van der Waals surface area contributed by atoms with Gasteiger partial charge in [0.1, 0.15) is 0 Å². The van der Waals surface area contributed by atoms with Gasteiger partial charge in [-0.1, -0.05) is 13.8 Å². The first-order valence-electron chi connectivity index (χ1n) is 5.42. The Morgan fingerprint density at radius 2 is 2.20 bits per heavy atom. The predicted molar refractivity (Wildman–Crippen MR) is 56.1 cm³/mol. The van der Waals surface area contributed by atoms with Crippen LogP contribution in [-0.2, 0) is 14.3 Å². The van der Waals surface area contributed by atoms with Crippen molar-refractivity contribution < 1.29 is 14.3 Å². The Morgan fingerprint density at radius 1 is 1.53 bits per heavy atom. The molecule has 3 atom stereocenters. The Bertz CT molecular complexity index is 252. The molecular formula is C11H19NO3. The fraction of sp³-hybridized carbons (Fsp3) is 0.818. The third-order valence-corrected chi connectivity index (χ3v) is 3.14. The van der Waals surface area contributed by atoms with E-state index < -0.39 is 0 Å². The summed E-state index contributed by atoms with van der Waals surface area (Å²) < 4.78 is 5.08. The summed E-state index contributed by atoms with van der Waals surface area (Å²) >= 11 is 0. The van der Waals surface area contributed by atoms with Crippen LogP contribution >= 0.6 is 0 Å². The first kappa shape index (κ1) is 12.2. The molecular weight excluding hydrogens is 194 g/mol. The maximum atomic E-state index is 11.6. The van der Waals surface area contributed by atoms with E-state index in [9.17, 15) is 9.59 Å². The fourth-order valence-corrected chi connectivity index (χ4v) is 2.30. The molecule has 0 aromatic carbocycles. The quantitative estimate of drug-likeness (QED) is 0.708. The van der Waals surface area contributed by atoms with Crippen molar-refractivity contribution in [1.82, 2.24) is 5.32 Å². The second kappa shape index (κ2) is 5.26. The number of imide groups is 1. The van der Waals surface area contributed by atoms with E-state index in [1.165, 1.54) is 0 Å². The van der Waals surface area contributed by atoms with Crippen LogP contribution in [0.1, 0.15) is 26.7 Å². The van der Waals surface area contributed by atoms with Gasteiger partial charge >= 0.3 is 0 Å². The number of hydrogen-bond acceptors (Lipinski definition) is 3. The molecule has 1 fully saturated rings. The molecule has 0 radical (unpaired) electrons. The highest BCUT2D eigenvalue weighted by Gasteiger charge is 2.37. The van der Waals surface area contributed by atoms with Crippen molar-refractivity contribution in [1.29, 1.82) is 0 Å². The Kier molecular flexibility index (Phi) is 4.27. The van der Waals surface area contributed by atoms with E-state index in [1.807, 2.05) is 13.8 Å². The van der Waals surface area contributed by atoms with Crippen molar-refractivity contribution in [2.75, 3.05) is 13.7 Å². The molecule has 4 heteroatoms. The molecule has 1 rings (SSSR count). The second-order valence-electron chi connectivity index (χ2n) is 4.23. The van der Waals surface area contributed by atoms with Gasteiger partial charge in [0.05, 0.1) is 0 Å². The van der Waals surface area contributed by atoms with Crippen molar-refractivity contribution in [2.45, 2.75) is 26.7 Å². The summed E-state index contributed by atoms with van der Waals surface area (Å²) in [5, 5.41) is 2.39. The van der Waals surface area contributed by atoms with Crippen LogP contribution in [0.3, 0.4) is 0 Å². The first-order valence-corrected chi connectivity index (χ1v) is 5.42. The molecule has 1 saturated heterocycles. The summed E-state index contributed by atoms with van der Waals surface area (Å²) in [6.45, 7) is 4.61. The van der Waals surface area contributed by atoms with Crippen LogP contribution in [0.2, 0.25) is 0 Å². The van der Waals surface area contributed by atoms with Crippen molar-refractivity contribution in [3.8, 4) is 0 Å². The minimum absolute atomic E-state index is 0.0483. The first-order chi connectivity index (χ1) is 7.10. The zero-order valence-electron chi connectivity index (χ0n) is 9.58. The zero-order chi connectivity index (χ0) is 11.4. The largest absolute Gasteiger partial charge is 0.384 e. The van der Waals surface area contributed by atoms with Crippen molar-refractivity contribution in [3.05, 3.63) is 0 Å². The molecule has 15 heavy (non-hydrogen) atoms. The van der Waals surface area contributed by atoms with Gasteiger partial charge in [-0.15, -0.1) is 0 Å². The number of piperidine rings is 1. The lowest BCUT2D eigenvalue weighted by atomic mass is 9.76. The molecule has 0 bridgehead atoms. The highest BCUT2D eigenvalue weighted by atomic mass is 16.5. The van der Waals surface area contributed by atoms with Gasteiger partial charge in [-0.3, -0.25) is 14.9 Å². The molecule has 1 N–H and O–H groups in total.